The number of halogens is 1. The fourth-order valence-corrected chi connectivity index (χ4v) is 3.53. The third kappa shape index (κ3) is 4.42. The zero-order valence-corrected chi connectivity index (χ0v) is 16.9. The summed E-state index contributed by atoms with van der Waals surface area (Å²) in [5.74, 6) is 0.829. The number of benzene rings is 1. The van der Waals surface area contributed by atoms with Crippen molar-refractivity contribution in [1.82, 2.24) is 10.6 Å². The Morgan fingerprint density at radius 1 is 1.08 bits per heavy atom. The Labute approximate surface area is 162 Å². The Kier molecular flexibility index (Phi) is 6.92. The van der Waals surface area contributed by atoms with Gasteiger partial charge in [0.1, 0.15) is 0 Å². The van der Waals surface area contributed by atoms with E-state index in [1.165, 1.54) is 24.8 Å². The molecule has 0 unspecified atom stereocenters. The van der Waals surface area contributed by atoms with Crippen LogP contribution in [-0.2, 0) is 5.41 Å². The topological polar surface area (TPSA) is 56.7 Å². The lowest BCUT2D eigenvalue weighted by Gasteiger charge is -2.43. The van der Waals surface area contributed by atoms with Crippen molar-refractivity contribution in [3.8, 4) is 0 Å². The summed E-state index contributed by atoms with van der Waals surface area (Å²) >= 11 is 0. The van der Waals surface area contributed by atoms with Crippen molar-refractivity contribution in [2.75, 3.05) is 19.6 Å². The maximum Gasteiger partial charge on any atom is 0.191 e. The van der Waals surface area contributed by atoms with Crippen LogP contribution in [-0.4, -0.2) is 36.3 Å². The van der Waals surface area contributed by atoms with Gasteiger partial charge in [-0.25, -0.2) is 0 Å². The summed E-state index contributed by atoms with van der Waals surface area (Å²) in [4.78, 5) is 4.61. The molecule has 0 atom stereocenters. The molecular weight excluding hydrogens is 413 g/mol. The Balaban J connectivity index is 0.00000208. The highest BCUT2D eigenvalue weighted by Crippen LogP contribution is 2.43. The Bertz CT molecular complexity index is 539. The predicted molar refractivity (Wildman–Crippen MR) is 110 cm³/mol. The largest absolute Gasteiger partial charge is 0.388 e. The third-order valence-electron chi connectivity index (χ3n) is 5.45. The molecule has 2 aliphatic carbocycles. The quantitative estimate of drug-likeness (QED) is 0.360. The van der Waals surface area contributed by atoms with Gasteiger partial charge in [-0.3, -0.25) is 4.99 Å². The molecule has 0 heterocycles. The van der Waals surface area contributed by atoms with E-state index in [-0.39, 0.29) is 29.4 Å². The molecule has 1 aromatic carbocycles. The minimum atomic E-state index is -0.560. The minimum Gasteiger partial charge on any atom is -0.388 e. The number of aliphatic hydroxyl groups is 1. The summed E-state index contributed by atoms with van der Waals surface area (Å²) in [6.45, 7) is 4.32. The maximum absolute atomic E-state index is 10.2. The normalized spacial score (nSPS) is 21.0. The first-order valence-electron chi connectivity index (χ1n) is 8.96. The lowest BCUT2D eigenvalue weighted by molar-refractivity contribution is -0.0236. The minimum absolute atomic E-state index is 0. The Morgan fingerprint density at radius 3 is 2.25 bits per heavy atom. The van der Waals surface area contributed by atoms with Crippen molar-refractivity contribution in [1.29, 1.82) is 0 Å². The molecule has 24 heavy (non-hydrogen) atoms. The summed E-state index contributed by atoms with van der Waals surface area (Å²) in [5, 5.41) is 17.0. The van der Waals surface area contributed by atoms with Gasteiger partial charge in [0.25, 0.3) is 0 Å². The number of aliphatic imine (C=N–C) groups is 1. The van der Waals surface area contributed by atoms with Crippen molar-refractivity contribution in [2.24, 2.45) is 4.99 Å². The van der Waals surface area contributed by atoms with Crippen molar-refractivity contribution >= 4 is 29.9 Å². The lowest BCUT2D eigenvalue weighted by Crippen LogP contribution is -2.49. The summed E-state index contributed by atoms with van der Waals surface area (Å²) < 4.78 is 0. The van der Waals surface area contributed by atoms with E-state index < -0.39 is 5.60 Å². The Morgan fingerprint density at radius 2 is 1.75 bits per heavy atom. The highest BCUT2D eigenvalue weighted by atomic mass is 127. The molecule has 134 valence electrons. The average molecular weight is 443 g/mol. The van der Waals surface area contributed by atoms with E-state index in [0.717, 1.165) is 38.3 Å². The van der Waals surface area contributed by atoms with Gasteiger partial charge in [0.05, 0.1) is 12.1 Å². The van der Waals surface area contributed by atoms with Crippen molar-refractivity contribution in [3.05, 3.63) is 35.9 Å². The van der Waals surface area contributed by atoms with E-state index in [9.17, 15) is 5.11 Å². The highest BCUT2D eigenvalue weighted by Gasteiger charge is 2.38. The third-order valence-corrected chi connectivity index (χ3v) is 5.45. The van der Waals surface area contributed by atoms with Crippen molar-refractivity contribution in [3.63, 3.8) is 0 Å². The van der Waals surface area contributed by atoms with Crippen LogP contribution in [0, 0.1) is 0 Å². The standard InChI is InChI=1S/C19H29N3O.HI/c1-2-20-17(22-15-19(23)12-7-13-19)21-14-18(10-6-11-18)16-8-4-3-5-9-16;/h3-5,8-9,23H,2,6-7,10-15H2,1H3,(H2,20,21,22);1H. The molecule has 0 spiro atoms. The van der Waals surface area contributed by atoms with Gasteiger partial charge in [-0.2, -0.15) is 0 Å². The highest BCUT2D eigenvalue weighted by molar-refractivity contribution is 14.0. The second-order valence-electron chi connectivity index (χ2n) is 7.13. The van der Waals surface area contributed by atoms with Crippen molar-refractivity contribution < 1.29 is 5.11 Å². The molecule has 5 heteroatoms. The van der Waals surface area contributed by atoms with Gasteiger partial charge >= 0.3 is 0 Å². The molecule has 0 amide bonds. The van der Waals surface area contributed by atoms with E-state index in [4.69, 9.17) is 0 Å². The smallest absolute Gasteiger partial charge is 0.191 e. The van der Waals surface area contributed by atoms with Crippen LogP contribution in [0.5, 0.6) is 0 Å². The van der Waals surface area contributed by atoms with E-state index in [1.807, 2.05) is 0 Å². The van der Waals surface area contributed by atoms with Gasteiger partial charge in [0, 0.05) is 18.5 Å². The molecule has 3 rings (SSSR count). The van der Waals surface area contributed by atoms with Crippen LogP contribution >= 0.6 is 24.0 Å². The second kappa shape index (κ2) is 8.52. The SMILES string of the molecule is CCNC(=NCC1(O)CCC1)NCC1(c2ccccc2)CCC1.I. The van der Waals surface area contributed by atoms with Crippen LogP contribution in [0.25, 0.3) is 0 Å². The van der Waals surface area contributed by atoms with E-state index in [1.54, 1.807) is 0 Å². The van der Waals surface area contributed by atoms with Crippen LogP contribution in [0.15, 0.2) is 35.3 Å². The van der Waals surface area contributed by atoms with Crippen LogP contribution in [0.4, 0.5) is 0 Å². The Hall–Kier alpha value is -0.820. The predicted octanol–water partition coefficient (Wildman–Crippen LogP) is 3.20. The van der Waals surface area contributed by atoms with Crippen LogP contribution < -0.4 is 10.6 Å². The fourth-order valence-electron chi connectivity index (χ4n) is 3.53. The number of hydrogen-bond acceptors (Lipinski definition) is 2. The molecule has 0 aromatic heterocycles. The van der Waals surface area contributed by atoms with E-state index >= 15 is 0 Å². The lowest BCUT2D eigenvalue weighted by atomic mass is 9.64. The fraction of sp³-hybridized carbons (Fsp3) is 0.632. The maximum atomic E-state index is 10.2. The molecule has 0 radical (unpaired) electrons. The van der Waals surface area contributed by atoms with Crippen molar-refractivity contribution in [2.45, 2.75) is 56.5 Å². The molecule has 4 nitrogen and oxygen atoms in total. The number of hydrogen-bond donors (Lipinski definition) is 3. The van der Waals surface area contributed by atoms with Gasteiger partial charge in [-0.05, 0) is 44.6 Å². The molecule has 3 N–H and O–H groups in total. The van der Waals surface area contributed by atoms with E-state index in [2.05, 4.69) is 52.9 Å². The van der Waals surface area contributed by atoms with Gasteiger partial charge in [0.15, 0.2) is 5.96 Å². The first-order valence-corrected chi connectivity index (χ1v) is 8.96. The number of nitrogens with one attached hydrogen (secondary N) is 2. The molecule has 0 bridgehead atoms. The second-order valence-corrected chi connectivity index (χ2v) is 7.13. The molecule has 2 aliphatic rings. The average Bonchev–Trinajstić information content (AvgIpc) is 2.50. The molecular formula is C19H30IN3O. The van der Waals surface area contributed by atoms with E-state index in [0.29, 0.717) is 6.54 Å². The van der Waals surface area contributed by atoms with Gasteiger partial charge in [-0.1, -0.05) is 36.8 Å². The zero-order valence-electron chi connectivity index (χ0n) is 14.6. The van der Waals surface area contributed by atoms with Gasteiger partial charge < -0.3 is 15.7 Å². The molecule has 1 aromatic rings. The van der Waals surface area contributed by atoms with Crippen LogP contribution in [0.3, 0.4) is 0 Å². The first-order chi connectivity index (χ1) is 11.2. The zero-order chi connectivity index (χ0) is 16.2. The number of nitrogens with zero attached hydrogens (tertiary/aromatic N) is 1. The molecule has 2 fully saturated rings. The van der Waals surface area contributed by atoms with Crippen LogP contribution in [0.2, 0.25) is 0 Å². The number of rotatable bonds is 6. The molecule has 2 saturated carbocycles. The molecule has 0 aliphatic heterocycles. The summed E-state index contributed by atoms with van der Waals surface area (Å²) in [6.07, 6.45) is 6.63. The number of guanidine groups is 1. The summed E-state index contributed by atoms with van der Waals surface area (Å²) in [7, 11) is 0. The molecule has 0 saturated heterocycles. The summed E-state index contributed by atoms with van der Waals surface area (Å²) in [5.41, 5.74) is 1.10. The summed E-state index contributed by atoms with van der Waals surface area (Å²) in [6, 6.07) is 10.8. The first kappa shape index (κ1) is 19.5. The van der Waals surface area contributed by atoms with Gasteiger partial charge in [-0.15, -0.1) is 24.0 Å². The van der Waals surface area contributed by atoms with Gasteiger partial charge in [0.2, 0.25) is 0 Å². The van der Waals surface area contributed by atoms with Crippen LogP contribution in [0.1, 0.15) is 51.0 Å². The monoisotopic (exact) mass is 443 g/mol.